The maximum absolute atomic E-state index is 6.17. The minimum atomic E-state index is -0.0591. The summed E-state index contributed by atoms with van der Waals surface area (Å²) in [7, 11) is 0. The lowest BCUT2D eigenvalue weighted by atomic mass is 9.86. The molecule has 1 N–H and O–H groups in total. The average Bonchev–Trinajstić information content (AvgIpc) is 2.92. The summed E-state index contributed by atoms with van der Waals surface area (Å²) in [6, 6.07) is 0.343. The highest BCUT2D eigenvalue weighted by Crippen LogP contribution is 2.29. The molecule has 2 unspecified atom stereocenters. The summed E-state index contributed by atoms with van der Waals surface area (Å²) >= 11 is 0. The zero-order chi connectivity index (χ0) is 15.1. The third-order valence-corrected chi connectivity index (χ3v) is 4.53. The molecule has 1 aliphatic heterocycles. The maximum Gasteiger partial charge on any atom is 0.110 e. The van der Waals surface area contributed by atoms with E-state index in [1.165, 1.54) is 18.7 Å². The Morgan fingerprint density at radius 3 is 2.90 bits per heavy atom. The van der Waals surface area contributed by atoms with Gasteiger partial charge in [0.1, 0.15) is 5.82 Å². The van der Waals surface area contributed by atoms with Gasteiger partial charge in [0.15, 0.2) is 0 Å². The van der Waals surface area contributed by atoms with Crippen molar-refractivity contribution >= 4 is 0 Å². The first-order valence-corrected chi connectivity index (χ1v) is 8.57. The van der Waals surface area contributed by atoms with Crippen molar-refractivity contribution in [2.45, 2.75) is 77.5 Å². The van der Waals surface area contributed by atoms with Crippen molar-refractivity contribution in [3.8, 4) is 0 Å². The number of hydrogen-bond acceptors (Lipinski definition) is 3. The van der Waals surface area contributed by atoms with Crippen LogP contribution in [0.15, 0.2) is 12.4 Å². The molecule has 21 heavy (non-hydrogen) atoms. The zero-order valence-electron chi connectivity index (χ0n) is 13.9. The highest BCUT2D eigenvalue weighted by atomic mass is 16.5. The van der Waals surface area contributed by atoms with Crippen molar-refractivity contribution in [1.82, 2.24) is 14.9 Å². The molecule has 4 nitrogen and oxygen atoms in total. The third kappa shape index (κ3) is 4.30. The minimum absolute atomic E-state index is 0.0591. The van der Waals surface area contributed by atoms with Crippen LogP contribution in [-0.2, 0) is 17.7 Å². The first-order valence-electron chi connectivity index (χ1n) is 8.57. The van der Waals surface area contributed by atoms with Gasteiger partial charge in [0, 0.05) is 38.0 Å². The van der Waals surface area contributed by atoms with Gasteiger partial charge in [-0.05, 0) is 45.6 Å². The predicted octanol–water partition coefficient (Wildman–Crippen LogP) is 3.16. The molecular formula is C17H31N3O. The van der Waals surface area contributed by atoms with Crippen molar-refractivity contribution in [3.05, 3.63) is 18.2 Å². The second-order valence-corrected chi connectivity index (χ2v) is 6.37. The molecule has 1 aromatic rings. The van der Waals surface area contributed by atoms with Crippen LogP contribution in [0.25, 0.3) is 0 Å². The third-order valence-electron chi connectivity index (χ3n) is 4.53. The van der Waals surface area contributed by atoms with Crippen LogP contribution in [-0.4, -0.2) is 34.3 Å². The van der Waals surface area contributed by atoms with Gasteiger partial charge in [-0.25, -0.2) is 4.98 Å². The lowest BCUT2D eigenvalue weighted by Gasteiger charge is -2.41. The lowest BCUT2D eigenvalue weighted by Crippen LogP contribution is -2.53. The Morgan fingerprint density at radius 1 is 1.38 bits per heavy atom. The van der Waals surface area contributed by atoms with E-state index < -0.39 is 0 Å². The summed E-state index contributed by atoms with van der Waals surface area (Å²) in [5.41, 5.74) is -0.0591. The molecule has 120 valence electrons. The van der Waals surface area contributed by atoms with Crippen LogP contribution in [0.4, 0.5) is 0 Å². The molecule has 0 saturated carbocycles. The second kappa shape index (κ2) is 7.95. The zero-order valence-corrected chi connectivity index (χ0v) is 13.9. The van der Waals surface area contributed by atoms with Gasteiger partial charge in [0.05, 0.1) is 5.60 Å². The van der Waals surface area contributed by atoms with E-state index in [0.717, 1.165) is 45.4 Å². The highest BCUT2D eigenvalue weighted by Gasteiger charge is 2.37. The van der Waals surface area contributed by atoms with E-state index in [9.17, 15) is 0 Å². The predicted molar refractivity (Wildman–Crippen MR) is 86.5 cm³/mol. The molecule has 0 spiro atoms. The summed E-state index contributed by atoms with van der Waals surface area (Å²) < 4.78 is 8.46. The SMILES string of the molecule is CCCNC(Cc1nccn1CCC)C1(C)CCCCO1. The quantitative estimate of drug-likeness (QED) is 0.800. The number of aromatic nitrogens is 2. The number of ether oxygens (including phenoxy) is 1. The molecule has 4 heteroatoms. The number of nitrogens with one attached hydrogen (secondary N) is 1. The minimum Gasteiger partial charge on any atom is -0.374 e. The molecule has 1 saturated heterocycles. The van der Waals surface area contributed by atoms with Gasteiger partial charge < -0.3 is 14.6 Å². The standard InChI is InChI=1S/C17H31N3O/c1-4-9-18-15(17(3)8-6-7-13-21-17)14-16-19-10-12-20(16)11-5-2/h10,12,15,18H,4-9,11,13-14H2,1-3H3. The fraction of sp³-hybridized carbons (Fsp3) is 0.824. The molecule has 1 aliphatic rings. The molecule has 2 rings (SSSR count). The maximum atomic E-state index is 6.17. The van der Waals surface area contributed by atoms with E-state index in [0.29, 0.717) is 6.04 Å². The summed E-state index contributed by atoms with van der Waals surface area (Å²) in [5.74, 6) is 1.18. The summed E-state index contributed by atoms with van der Waals surface area (Å²) in [4.78, 5) is 4.58. The Labute approximate surface area is 129 Å². The molecule has 1 fully saturated rings. The summed E-state index contributed by atoms with van der Waals surface area (Å²) in [5, 5.41) is 3.71. The second-order valence-electron chi connectivity index (χ2n) is 6.37. The van der Waals surface area contributed by atoms with Gasteiger partial charge in [-0.2, -0.15) is 0 Å². The fourth-order valence-electron chi connectivity index (χ4n) is 3.21. The first kappa shape index (κ1) is 16.5. The van der Waals surface area contributed by atoms with Crippen molar-refractivity contribution in [3.63, 3.8) is 0 Å². The summed E-state index contributed by atoms with van der Waals surface area (Å²) in [6.07, 6.45) is 10.9. The Balaban J connectivity index is 2.09. The topological polar surface area (TPSA) is 39.1 Å². The molecule has 0 aromatic carbocycles. The van der Waals surface area contributed by atoms with Crippen LogP contribution in [0, 0.1) is 0 Å². The molecular weight excluding hydrogens is 262 g/mol. The number of hydrogen-bond donors (Lipinski definition) is 1. The molecule has 0 amide bonds. The largest absolute Gasteiger partial charge is 0.374 e. The van der Waals surface area contributed by atoms with Gasteiger partial charge in [-0.1, -0.05) is 13.8 Å². The van der Waals surface area contributed by atoms with Gasteiger partial charge in [-0.3, -0.25) is 0 Å². The van der Waals surface area contributed by atoms with Crippen LogP contribution in [0.2, 0.25) is 0 Å². The van der Waals surface area contributed by atoms with Gasteiger partial charge >= 0.3 is 0 Å². The molecule has 1 aromatic heterocycles. The number of aryl methyl sites for hydroxylation is 1. The van der Waals surface area contributed by atoms with Crippen LogP contribution in [0.5, 0.6) is 0 Å². The average molecular weight is 293 g/mol. The summed E-state index contributed by atoms with van der Waals surface area (Å²) in [6.45, 7) is 9.68. The first-order chi connectivity index (χ1) is 10.2. The molecule has 0 bridgehead atoms. The van der Waals surface area contributed by atoms with Crippen LogP contribution >= 0.6 is 0 Å². The Kier molecular flexibility index (Phi) is 6.24. The molecule has 2 heterocycles. The normalized spacial score (nSPS) is 24.1. The van der Waals surface area contributed by atoms with Crippen LogP contribution < -0.4 is 5.32 Å². The number of imidazole rings is 1. The fourth-order valence-corrected chi connectivity index (χ4v) is 3.21. The van der Waals surface area contributed by atoms with E-state index in [2.05, 4.69) is 41.8 Å². The van der Waals surface area contributed by atoms with Crippen molar-refractivity contribution < 1.29 is 4.74 Å². The molecule has 0 radical (unpaired) electrons. The molecule has 0 aliphatic carbocycles. The van der Waals surface area contributed by atoms with Crippen molar-refractivity contribution in [2.75, 3.05) is 13.2 Å². The smallest absolute Gasteiger partial charge is 0.110 e. The van der Waals surface area contributed by atoms with E-state index in [4.69, 9.17) is 4.74 Å². The van der Waals surface area contributed by atoms with Crippen LogP contribution in [0.3, 0.4) is 0 Å². The van der Waals surface area contributed by atoms with Crippen molar-refractivity contribution in [1.29, 1.82) is 0 Å². The van der Waals surface area contributed by atoms with Crippen molar-refractivity contribution in [2.24, 2.45) is 0 Å². The van der Waals surface area contributed by atoms with E-state index in [1.54, 1.807) is 0 Å². The van der Waals surface area contributed by atoms with E-state index >= 15 is 0 Å². The molecule has 2 atom stereocenters. The Hall–Kier alpha value is -0.870. The van der Waals surface area contributed by atoms with Gasteiger partial charge in [0.25, 0.3) is 0 Å². The van der Waals surface area contributed by atoms with Gasteiger partial charge in [-0.15, -0.1) is 0 Å². The lowest BCUT2D eigenvalue weighted by molar-refractivity contribution is -0.0887. The van der Waals surface area contributed by atoms with E-state index in [-0.39, 0.29) is 5.60 Å². The van der Waals surface area contributed by atoms with Gasteiger partial charge in [0.2, 0.25) is 0 Å². The number of rotatable bonds is 8. The monoisotopic (exact) mass is 293 g/mol. The van der Waals surface area contributed by atoms with Crippen LogP contribution in [0.1, 0.15) is 58.7 Å². The Morgan fingerprint density at radius 2 is 2.24 bits per heavy atom. The Bertz CT molecular complexity index is 410. The van der Waals surface area contributed by atoms with E-state index in [1.807, 2.05) is 6.20 Å². The highest BCUT2D eigenvalue weighted by molar-refractivity contribution is 5.02. The number of nitrogens with zero attached hydrogens (tertiary/aromatic N) is 2.